The smallest absolute Gasteiger partial charge is 0.126 e. The van der Waals surface area contributed by atoms with Crippen molar-refractivity contribution in [3.63, 3.8) is 0 Å². The maximum atomic E-state index is 6.17. The Hall–Kier alpha value is -2.14. The molecular formula is C15H14N4S. The Morgan fingerprint density at radius 3 is 2.75 bits per heavy atom. The predicted octanol–water partition coefficient (Wildman–Crippen LogP) is 3.59. The van der Waals surface area contributed by atoms with Crippen LogP contribution in [0.25, 0.3) is 22.0 Å². The first-order valence-corrected chi connectivity index (χ1v) is 7.48. The highest BCUT2D eigenvalue weighted by Crippen LogP contribution is 2.41. The maximum absolute atomic E-state index is 6.17. The van der Waals surface area contributed by atoms with Crippen molar-refractivity contribution >= 4 is 16.3 Å². The quantitative estimate of drug-likeness (QED) is 0.798. The summed E-state index contributed by atoms with van der Waals surface area (Å²) in [6.07, 6.45) is 6.18. The summed E-state index contributed by atoms with van der Waals surface area (Å²) in [6.45, 7) is 0. The van der Waals surface area contributed by atoms with Gasteiger partial charge >= 0.3 is 0 Å². The van der Waals surface area contributed by atoms with Gasteiger partial charge < -0.3 is 10.3 Å². The van der Waals surface area contributed by atoms with E-state index < -0.39 is 0 Å². The van der Waals surface area contributed by atoms with E-state index >= 15 is 0 Å². The average Bonchev–Trinajstić information content (AvgIpc) is 3.08. The molecule has 5 heteroatoms. The van der Waals surface area contributed by atoms with Gasteiger partial charge in [0.15, 0.2) is 0 Å². The summed E-state index contributed by atoms with van der Waals surface area (Å²) >= 11 is 1.53. The first kappa shape index (κ1) is 11.7. The van der Waals surface area contributed by atoms with E-state index in [1.54, 1.807) is 0 Å². The Morgan fingerprint density at radius 2 is 2.00 bits per heavy atom. The molecule has 1 aliphatic rings. The Morgan fingerprint density at radius 1 is 1.20 bits per heavy atom. The van der Waals surface area contributed by atoms with Gasteiger partial charge in [0.1, 0.15) is 15.7 Å². The van der Waals surface area contributed by atoms with Crippen LogP contribution in [0.3, 0.4) is 0 Å². The molecule has 1 saturated carbocycles. The van der Waals surface area contributed by atoms with E-state index in [2.05, 4.69) is 21.7 Å². The lowest BCUT2D eigenvalue weighted by atomic mass is 10.2. The van der Waals surface area contributed by atoms with Crippen molar-refractivity contribution in [2.75, 3.05) is 5.73 Å². The van der Waals surface area contributed by atoms with E-state index in [1.807, 2.05) is 30.7 Å². The summed E-state index contributed by atoms with van der Waals surface area (Å²) in [5.74, 6) is 0. The van der Waals surface area contributed by atoms with Gasteiger partial charge in [-0.2, -0.15) is 0 Å². The first-order valence-electron chi connectivity index (χ1n) is 6.67. The standard InChI is InChI=1S/C15H14N4S/c16-14-13(12-8-17-9-19(12)11-6-7-11)18-15(20-14)10-4-2-1-3-5-10/h1-5,8-9,11H,6-7,16H2. The molecule has 3 aromatic rings. The molecule has 1 fully saturated rings. The minimum absolute atomic E-state index is 0.578. The van der Waals surface area contributed by atoms with Crippen LogP contribution in [-0.2, 0) is 0 Å². The molecule has 2 N–H and O–H groups in total. The van der Waals surface area contributed by atoms with Crippen molar-refractivity contribution in [1.82, 2.24) is 14.5 Å². The summed E-state index contributed by atoms with van der Waals surface area (Å²) in [7, 11) is 0. The molecule has 0 atom stereocenters. The molecule has 0 bridgehead atoms. The lowest BCUT2D eigenvalue weighted by Gasteiger charge is -2.04. The van der Waals surface area contributed by atoms with E-state index in [1.165, 1.54) is 24.2 Å². The minimum atomic E-state index is 0.578. The number of hydrogen-bond donors (Lipinski definition) is 1. The highest BCUT2D eigenvalue weighted by Gasteiger charge is 2.27. The molecule has 0 unspecified atom stereocenters. The second kappa shape index (κ2) is 4.45. The van der Waals surface area contributed by atoms with Crippen molar-refractivity contribution in [2.24, 2.45) is 0 Å². The van der Waals surface area contributed by atoms with Gasteiger partial charge in [-0.15, -0.1) is 0 Å². The largest absolute Gasteiger partial charge is 0.389 e. The van der Waals surface area contributed by atoms with Crippen LogP contribution in [0.1, 0.15) is 18.9 Å². The zero-order chi connectivity index (χ0) is 13.5. The van der Waals surface area contributed by atoms with Gasteiger partial charge in [-0.3, -0.25) is 0 Å². The number of rotatable bonds is 3. The van der Waals surface area contributed by atoms with Crippen LogP contribution in [0.5, 0.6) is 0 Å². The number of hydrogen-bond acceptors (Lipinski definition) is 4. The molecule has 2 heterocycles. The van der Waals surface area contributed by atoms with Crippen LogP contribution >= 0.6 is 11.3 Å². The van der Waals surface area contributed by atoms with E-state index in [9.17, 15) is 0 Å². The van der Waals surface area contributed by atoms with E-state index in [-0.39, 0.29) is 0 Å². The van der Waals surface area contributed by atoms with Crippen molar-refractivity contribution in [1.29, 1.82) is 0 Å². The molecule has 4 rings (SSSR count). The summed E-state index contributed by atoms with van der Waals surface area (Å²) < 4.78 is 2.19. The molecule has 0 saturated heterocycles. The third kappa shape index (κ3) is 1.91. The number of thiazole rings is 1. The van der Waals surface area contributed by atoms with Crippen molar-refractivity contribution in [3.05, 3.63) is 42.9 Å². The van der Waals surface area contributed by atoms with Crippen molar-refractivity contribution in [2.45, 2.75) is 18.9 Å². The number of anilines is 1. The highest BCUT2D eigenvalue weighted by molar-refractivity contribution is 7.19. The highest BCUT2D eigenvalue weighted by atomic mass is 32.1. The van der Waals surface area contributed by atoms with Gasteiger partial charge in [-0.25, -0.2) is 9.97 Å². The lowest BCUT2D eigenvalue weighted by molar-refractivity contribution is 0.746. The van der Waals surface area contributed by atoms with E-state index in [4.69, 9.17) is 10.7 Å². The fourth-order valence-corrected chi connectivity index (χ4v) is 3.20. The normalized spacial score (nSPS) is 14.6. The number of benzene rings is 1. The van der Waals surface area contributed by atoms with Crippen molar-refractivity contribution < 1.29 is 0 Å². The second-order valence-electron chi connectivity index (χ2n) is 5.02. The van der Waals surface area contributed by atoms with Crippen LogP contribution in [-0.4, -0.2) is 14.5 Å². The second-order valence-corrected chi connectivity index (χ2v) is 6.05. The number of imidazole rings is 1. The summed E-state index contributed by atoms with van der Waals surface area (Å²) in [5.41, 5.74) is 9.17. The zero-order valence-corrected chi connectivity index (χ0v) is 11.7. The monoisotopic (exact) mass is 282 g/mol. The molecule has 1 aromatic carbocycles. The van der Waals surface area contributed by atoms with E-state index in [0.717, 1.165) is 27.0 Å². The van der Waals surface area contributed by atoms with Gasteiger partial charge in [-0.05, 0) is 12.8 Å². The Balaban J connectivity index is 1.79. The number of nitrogens with zero attached hydrogens (tertiary/aromatic N) is 3. The average molecular weight is 282 g/mol. The van der Waals surface area contributed by atoms with Crippen LogP contribution < -0.4 is 5.73 Å². The maximum Gasteiger partial charge on any atom is 0.126 e. The molecule has 0 spiro atoms. The number of nitrogen functional groups attached to an aromatic ring is 1. The van der Waals surface area contributed by atoms with Gasteiger partial charge in [0.25, 0.3) is 0 Å². The number of nitrogens with two attached hydrogens (primary N) is 1. The molecular weight excluding hydrogens is 268 g/mol. The van der Waals surface area contributed by atoms with Gasteiger partial charge in [0, 0.05) is 11.6 Å². The van der Waals surface area contributed by atoms with Gasteiger partial charge in [0.05, 0.1) is 18.2 Å². The SMILES string of the molecule is Nc1sc(-c2ccccc2)nc1-c1cncn1C1CC1. The topological polar surface area (TPSA) is 56.7 Å². The summed E-state index contributed by atoms with van der Waals surface area (Å²) in [6, 6.07) is 10.7. The third-order valence-corrected chi connectivity index (χ3v) is 4.46. The summed E-state index contributed by atoms with van der Waals surface area (Å²) in [5, 5.41) is 1.72. The van der Waals surface area contributed by atoms with Gasteiger partial charge in [-0.1, -0.05) is 41.7 Å². The Labute approximate surface area is 120 Å². The van der Waals surface area contributed by atoms with Gasteiger partial charge in [0.2, 0.25) is 0 Å². The summed E-state index contributed by atoms with van der Waals surface area (Å²) in [4.78, 5) is 8.98. The fourth-order valence-electron chi connectivity index (χ4n) is 2.35. The molecule has 100 valence electrons. The fraction of sp³-hybridized carbons (Fsp3) is 0.200. The Bertz CT molecular complexity index is 740. The Kier molecular flexibility index (Phi) is 2.60. The number of aromatic nitrogens is 3. The van der Waals surface area contributed by atoms with Crippen LogP contribution in [0.2, 0.25) is 0 Å². The molecule has 2 aromatic heterocycles. The molecule has 20 heavy (non-hydrogen) atoms. The molecule has 0 aliphatic heterocycles. The predicted molar refractivity (Wildman–Crippen MR) is 81.5 cm³/mol. The van der Waals surface area contributed by atoms with Crippen molar-refractivity contribution in [3.8, 4) is 22.0 Å². The third-order valence-electron chi connectivity index (χ3n) is 3.52. The first-order chi connectivity index (χ1) is 9.83. The molecule has 4 nitrogen and oxygen atoms in total. The molecule has 0 radical (unpaired) electrons. The lowest BCUT2D eigenvalue weighted by Crippen LogP contribution is -1.96. The molecule has 1 aliphatic carbocycles. The minimum Gasteiger partial charge on any atom is -0.389 e. The van der Waals surface area contributed by atoms with Crippen LogP contribution in [0, 0.1) is 0 Å². The zero-order valence-electron chi connectivity index (χ0n) is 10.9. The van der Waals surface area contributed by atoms with Crippen LogP contribution in [0.4, 0.5) is 5.00 Å². The van der Waals surface area contributed by atoms with Crippen LogP contribution in [0.15, 0.2) is 42.9 Å². The van der Waals surface area contributed by atoms with E-state index in [0.29, 0.717) is 6.04 Å². The molecule has 0 amide bonds.